The summed E-state index contributed by atoms with van der Waals surface area (Å²) in [4.78, 5) is 8.43. The summed E-state index contributed by atoms with van der Waals surface area (Å²) in [6.45, 7) is 2.84. The molecule has 2 aromatic heterocycles. The highest BCUT2D eigenvalue weighted by Crippen LogP contribution is 2.17. The van der Waals surface area contributed by atoms with E-state index in [1.165, 1.54) is 16.5 Å². The largest absolute Gasteiger partial charge is 0.385 e. The summed E-state index contributed by atoms with van der Waals surface area (Å²) in [6, 6.07) is 14.5. The zero-order chi connectivity index (χ0) is 15.7. The first-order valence-electron chi connectivity index (χ1n) is 8.10. The van der Waals surface area contributed by atoms with E-state index in [4.69, 9.17) is 0 Å². The van der Waals surface area contributed by atoms with Crippen molar-refractivity contribution in [3.63, 3.8) is 0 Å². The highest BCUT2D eigenvalue weighted by atomic mass is 14.9. The zero-order valence-corrected chi connectivity index (χ0v) is 13.2. The van der Waals surface area contributed by atoms with Crippen LogP contribution in [-0.2, 0) is 6.54 Å². The Labute approximate surface area is 137 Å². The number of nitrogens with zero attached hydrogens (tertiary/aromatic N) is 2. The van der Waals surface area contributed by atoms with Gasteiger partial charge < -0.3 is 10.6 Å². The van der Waals surface area contributed by atoms with Gasteiger partial charge in [-0.3, -0.25) is 9.97 Å². The molecule has 1 aromatic carbocycles. The Morgan fingerprint density at radius 3 is 2.74 bits per heavy atom. The SMILES string of the molecule is c1ccc(CNCCCCNc2ccc3cnccc3c2)nc1. The number of hydrogen-bond acceptors (Lipinski definition) is 4. The van der Waals surface area contributed by atoms with Gasteiger partial charge in [-0.25, -0.2) is 0 Å². The van der Waals surface area contributed by atoms with Crippen LogP contribution in [0.4, 0.5) is 5.69 Å². The second-order valence-corrected chi connectivity index (χ2v) is 5.57. The molecular formula is C19H22N4. The molecule has 118 valence electrons. The lowest BCUT2D eigenvalue weighted by Gasteiger charge is -2.08. The van der Waals surface area contributed by atoms with Crippen molar-refractivity contribution >= 4 is 16.5 Å². The van der Waals surface area contributed by atoms with Crippen LogP contribution in [0.25, 0.3) is 10.8 Å². The number of anilines is 1. The summed E-state index contributed by atoms with van der Waals surface area (Å²) in [5.74, 6) is 0. The summed E-state index contributed by atoms with van der Waals surface area (Å²) >= 11 is 0. The first kappa shape index (κ1) is 15.4. The maximum Gasteiger partial charge on any atom is 0.0541 e. The van der Waals surface area contributed by atoms with Crippen LogP contribution in [0.5, 0.6) is 0 Å². The molecule has 0 fully saturated rings. The Bertz CT molecular complexity index is 728. The van der Waals surface area contributed by atoms with Gasteiger partial charge in [-0.05, 0) is 55.1 Å². The number of hydrogen-bond donors (Lipinski definition) is 2. The number of pyridine rings is 2. The number of rotatable bonds is 8. The topological polar surface area (TPSA) is 49.8 Å². The second kappa shape index (κ2) is 8.25. The van der Waals surface area contributed by atoms with Crippen molar-refractivity contribution in [3.05, 3.63) is 66.7 Å². The van der Waals surface area contributed by atoms with Crippen LogP contribution in [0.1, 0.15) is 18.5 Å². The minimum absolute atomic E-state index is 0.840. The maximum absolute atomic E-state index is 4.30. The average molecular weight is 306 g/mol. The van der Waals surface area contributed by atoms with Gasteiger partial charge in [0.1, 0.15) is 0 Å². The van der Waals surface area contributed by atoms with E-state index in [-0.39, 0.29) is 0 Å². The molecule has 23 heavy (non-hydrogen) atoms. The van der Waals surface area contributed by atoms with Crippen LogP contribution >= 0.6 is 0 Å². The third-order valence-corrected chi connectivity index (χ3v) is 3.78. The van der Waals surface area contributed by atoms with Gasteiger partial charge >= 0.3 is 0 Å². The number of benzene rings is 1. The van der Waals surface area contributed by atoms with E-state index >= 15 is 0 Å². The van der Waals surface area contributed by atoms with Crippen molar-refractivity contribution in [1.82, 2.24) is 15.3 Å². The van der Waals surface area contributed by atoms with Gasteiger partial charge in [0, 0.05) is 42.8 Å². The Morgan fingerprint density at radius 1 is 0.870 bits per heavy atom. The third-order valence-electron chi connectivity index (χ3n) is 3.78. The van der Waals surface area contributed by atoms with Crippen LogP contribution in [0, 0.1) is 0 Å². The zero-order valence-electron chi connectivity index (χ0n) is 13.2. The fourth-order valence-electron chi connectivity index (χ4n) is 2.52. The van der Waals surface area contributed by atoms with Crippen LogP contribution in [0.3, 0.4) is 0 Å². The van der Waals surface area contributed by atoms with E-state index in [0.717, 1.165) is 38.2 Å². The molecule has 3 rings (SSSR count). The Hall–Kier alpha value is -2.46. The van der Waals surface area contributed by atoms with Crippen LogP contribution in [0.15, 0.2) is 61.1 Å². The monoisotopic (exact) mass is 306 g/mol. The molecule has 3 aromatic rings. The predicted molar refractivity (Wildman–Crippen MR) is 95.4 cm³/mol. The van der Waals surface area contributed by atoms with Gasteiger partial charge in [0.2, 0.25) is 0 Å². The molecule has 0 amide bonds. The molecule has 0 bridgehead atoms. The van der Waals surface area contributed by atoms with E-state index in [0.29, 0.717) is 0 Å². The van der Waals surface area contributed by atoms with Gasteiger partial charge in [-0.2, -0.15) is 0 Å². The van der Waals surface area contributed by atoms with Crippen molar-refractivity contribution in [3.8, 4) is 0 Å². The lowest BCUT2D eigenvalue weighted by Crippen LogP contribution is -2.16. The molecule has 0 atom stereocenters. The van der Waals surface area contributed by atoms with Crippen molar-refractivity contribution < 1.29 is 0 Å². The highest BCUT2D eigenvalue weighted by molar-refractivity contribution is 5.84. The van der Waals surface area contributed by atoms with Crippen molar-refractivity contribution in [2.45, 2.75) is 19.4 Å². The summed E-state index contributed by atoms with van der Waals surface area (Å²) in [5, 5.41) is 9.31. The van der Waals surface area contributed by atoms with Crippen molar-refractivity contribution in [1.29, 1.82) is 0 Å². The van der Waals surface area contributed by atoms with Gasteiger partial charge in [-0.1, -0.05) is 12.1 Å². The molecule has 2 N–H and O–H groups in total. The summed E-state index contributed by atoms with van der Waals surface area (Å²) in [6.07, 6.45) is 7.85. The standard InChI is InChI=1S/C19H22N4/c1-2-10-23-19(5-1)15-20-9-3-4-11-22-18-7-6-17-14-21-12-8-16(17)13-18/h1-2,5-8,10,12-14,20,22H,3-4,9,11,15H2. The molecule has 4 heteroatoms. The van der Waals surface area contributed by atoms with E-state index < -0.39 is 0 Å². The fraction of sp³-hybridized carbons (Fsp3) is 0.263. The maximum atomic E-state index is 4.30. The quantitative estimate of drug-likeness (QED) is 0.624. The van der Waals surface area contributed by atoms with Crippen molar-refractivity contribution in [2.24, 2.45) is 0 Å². The molecule has 0 spiro atoms. The molecular weight excluding hydrogens is 284 g/mol. The van der Waals surface area contributed by atoms with Crippen LogP contribution in [0.2, 0.25) is 0 Å². The van der Waals surface area contributed by atoms with Crippen LogP contribution < -0.4 is 10.6 Å². The highest BCUT2D eigenvalue weighted by Gasteiger charge is 1.96. The Balaban J connectivity index is 1.33. The molecule has 2 heterocycles. The Morgan fingerprint density at radius 2 is 1.83 bits per heavy atom. The minimum Gasteiger partial charge on any atom is -0.385 e. The summed E-state index contributed by atoms with van der Waals surface area (Å²) in [7, 11) is 0. The molecule has 0 radical (unpaired) electrons. The first-order valence-corrected chi connectivity index (χ1v) is 8.10. The van der Waals surface area contributed by atoms with E-state index in [9.17, 15) is 0 Å². The molecule has 4 nitrogen and oxygen atoms in total. The molecule has 0 aliphatic carbocycles. The lowest BCUT2D eigenvalue weighted by molar-refractivity contribution is 0.626. The molecule has 0 saturated heterocycles. The molecule has 0 aliphatic heterocycles. The van der Waals surface area contributed by atoms with Gasteiger partial charge in [0.25, 0.3) is 0 Å². The number of fused-ring (bicyclic) bond motifs is 1. The Kier molecular flexibility index (Phi) is 5.53. The first-order chi connectivity index (χ1) is 11.4. The van der Waals surface area contributed by atoms with Gasteiger partial charge in [0.15, 0.2) is 0 Å². The predicted octanol–water partition coefficient (Wildman–Crippen LogP) is 3.61. The minimum atomic E-state index is 0.840. The second-order valence-electron chi connectivity index (χ2n) is 5.57. The molecule has 0 saturated carbocycles. The number of unbranched alkanes of at least 4 members (excludes halogenated alkanes) is 1. The van der Waals surface area contributed by atoms with Crippen molar-refractivity contribution in [2.75, 3.05) is 18.4 Å². The average Bonchev–Trinajstić information content (AvgIpc) is 2.61. The molecule has 0 unspecified atom stereocenters. The van der Waals surface area contributed by atoms with Gasteiger partial charge in [0.05, 0.1) is 5.69 Å². The van der Waals surface area contributed by atoms with Crippen LogP contribution in [-0.4, -0.2) is 23.1 Å². The smallest absolute Gasteiger partial charge is 0.0541 e. The third kappa shape index (κ3) is 4.76. The number of nitrogens with one attached hydrogen (secondary N) is 2. The van der Waals surface area contributed by atoms with E-state index in [2.05, 4.69) is 38.8 Å². The summed E-state index contributed by atoms with van der Waals surface area (Å²) in [5.41, 5.74) is 2.27. The lowest BCUT2D eigenvalue weighted by atomic mass is 10.1. The molecule has 0 aliphatic rings. The van der Waals surface area contributed by atoms with E-state index in [1.807, 2.05) is 42.9 Å². The fourth-order valence-corrected chi connectivity index (χ4v) is 2.52. The number of aromatic nitrogens is 2. The normalized spacial score (nSPS) is 10.8. The van der Waals surface area contributed by atoms with E-state index in [1.54, 1.807) is 0 Å². The van der Waals surface area contributed by atoms with Gasteiger partial charge in [-0.15, -0.1) is 0 Å². The summed E-state index contributed by atoms with van der Waals surface area (Å²) < 4.78 is 0.